The molecule has 0 fully saturated rings. The average molecular weight is 781 g/mol. The Hall–Kier alpha value is -7.60. The van der Waals surface area contributed by atoms with Crippen molar-refractivity contribution in [3.63, 3.8) is 0 Å². The normalized spacial score (nSPS) is 13.1. The number of nitrogens with zero attached hydrogens (tertiary/aromatic N) is 4. The minimum absolute atomic E-state index is 0.522. The fourth-order valence-electron chi connectivity index (χ4n) is 10.1. The van der Waals surface area contributed by atoms with E-state index in [1.165, 1.54) is 59.1 Å². The van der Waals surface area contributed by atoms with Gasteiger partial charge in [-0.25, -0.2) is 19.9 Å². The summed E-state index contributed by atoms with van der Waals surface area (Å²) in [5.41, 5.74) is 14.1. The van der Waals surface area contributed by atoms with Gasteiger partial charge in [0.05, 0.1) is 11.1 Å². The minimum Gasteiger partial charge on any atom is -0.243 e. The zero-order chi connectivity index (χ0) is 39.4. The van der Waals surface area contributed by atoms with E-state index in [0.29, 0.717) is 17.5 Å². The van der Waals surface area contributed by atoms with Gasteiger partial charge in [0.2, 0.25) is 0 Å². The van der Waals surface area contributed by atoms with Crippen LogP contribution in [0.25, 0.3) is 98.7 Å². The Morgan fingerprint density at radius 2 is 0.817 bits per heavy atom. The van der Waals surface area contributed by atoms with Crippen molar-refractivity contribution in [2.24, 2.45) is 0 Å². The third-order valence-electron chi connectivity index (χ3n) is 12.6. The maximum atomic E-state index is 5.68. The van der Waals surface area contributed by atoms with Crippen LogP contribution in [0.15, 0.2) is 194 Å². The van der Waals surface area contributed by atoms with Crippen LogP contribution in [0.3, 0.4) is 0 Å². The number of pyridine rings is 1. The maximum Gasteiger partial charge on any atom is 0.183 e. The summed E-state index contributed by atoms with van der Waals surface area (Å²) in [7, 11) is 0. The Labute approximate surface area is 350 Å². The smallest absolute Gasteiger partial charge is 0.183 e. The topological polar surface area (TPSA) is 51.6 Å². The highest BCUT2D eigenvalue weighted by atomic mass is 32.1. The predicted octanol–water partition coefficient (Wildman–Crippen LogP) is 13.8. The van der Waals surface area contributed by atoms with Crippen molar-refractivity contribution in [2.45, 2.75) is 5.41 Å². The molecule has 0 atom stereocenters. The van der Waals surface area contributed by atoms with Crippen molar-refractivity contribution in [2.75, 3.05) is 0 Å². The molecule has 60 heavy (non-hydrogen) atoms. The second-order valence-electron chi connectivity index (χ2n) is 15.6. The lowest BCUT2D eigenvalue weighted by Gasteiger charge is -2.31. The molecule has 8 aromatic carbocycles. The molecule has 1 spiro atoms. The first-order valence-corrected chi connectivity index (χ1v) is 21.1. The molecule has 0 amide bonds. The standard InChI is InChI=1S/C55H32N4S/c1-2-15-34(16-3-1)52-57-53(35-31-29-33(30-32-35)36-23-14-24-42-39-19-9-13-28-47(39)60-51(36)42)59-54(58-52)50-41-21-5-4-20-40(41)48-49(56-50)43-22-8-12-27-46(43)55(48)44-25-10-6-17-37(44)38-18-7-11-26-45(38)55/h1-32H. The molecule has 278 valence electrons. The lowest BCUT2D eigenvalue weighted by molar-refractivity contribution is 0.799. The highest BCUT2D eigenvalue weighted by Crippen LogP contribution is 2.64. The van der Waals surface area contributed by atoms with E-state index < -0.39 is 5.41 Å². The van der Waals surface area contributed by atoms with Crippen LogP contribution in [-0.2, 0) is 5.41 Å². The zero-order valence-electron chi connectivity index (χ0n) is 32.2. The molecule has 5 heteroatoms. The van der Waals surface area contributed by atoms with Crippen LogP contribution in [0.2, 0.25) is 0 Å². The van der Waals surface area contributed by atoms with Gasteiger partial charge in [-0.2, -0.15) is 0 Å². The Kier molecular flexibility index (Phi) is 7.06. The first-order chi connectivity index (χ1) is 29.8. The number of fused-ring (bicyclic) bond motifs is 15. The zero-order valence-corrected chi connectivity index (χ0v) is 33.0. The Morgan fingerprint density at radius 1 is 0.317 bits per heavy atom. The summed E-state index contributed by atoms with van der Waals surface area (Å²) in [4.78, 5) is 21.3. The minimum atomic E-state index is -0.522. The molecule has 2 aliphatic carbocycles. The van der Waals surface area contributed by atoms with Gasteiger partial charge in [0, 0.05) is 47.8 Å². The van der Waals surface area contributed by atoms with Crippen LogP contribution in [-0.4, -0.2) is 19.9 Å². The van der Waals surface area contributed by atoms with Gasteiger partial charge in [-0.05, 0) is 50.4 Å². The Bertz CT molecular complexity index is 3510. The first kappa shape index (κ1) is 33.4. The van der Waals surface area contributed by atoms with Crippen molar-refractivity contribution < 1.29 is 0 Å². The quantitative estimate of drug-likeness (QED) is 0.178. The molecule has 2 aliphatic rings. The van der Waals surface area contributed by atoms with E-state index in [9.17, 15) is 0 Å². The second kappa shape index (κ2) is 12.7. The van der Waals surface area contributed by atoms with Crippen molar-refractivity contribution in [3.05, 3.63) is 216 Å². The molecular formula is C55H32N4S. The van der Waals surface area contributed by atoms with E-state index in [2.05, 4.69) is 176 Å². The predicted molar refractivity (Wildman–Crippen MR) is 246 cm³/mol. The fraction of sp³-hybridized carbons (Fsp3) is 0.0182. The largest absolute Gasteiger partial charge is 0.243 e. The molecule has 3 heterocycles. The van der Waals surface area contributed by atoms with Crippen LogP contribution in [0.5, 0.6) is 0 Å². The highest BCUT2D eigenvalue weighted by molar-refractivity contribution is 7.26. The van der Waals surface area contributed by atoms with E-state index in [0.717, 1.165) is 44.4 Å². The van der Waals surface area contributed by atoms with Gasteiger partial charge >= 0.3 is 0 Å². The van der Waals surface area contributed by atoms with Gasteiger partial charge in [-0.1, -0.05) is 188 Å². The molecule has 0 bridgehead atoms. The molecule has 0 radical (unpaired) electrons. The van der Waals surface area contributed by atoms with Gasteiger partial charge in [0.25, 0.3) is 0 Å². The molecule has 0 N–H and O–H groups in total. The summed E-state index contributed by atoms with van der Waals surface area (Å²) in [5, 5.41) is 4.73. The summed E-state index contributed by atoms with van der Waals surface area (Å²) in [5.74, 6) is 1.76. The third-order valence-corrected chi connectivity index (χ3v) is 13.8. The molecule has 0 unspecified atom stereocenters. The van der Waals surface area contributed by atoms with Crippen LogP contribution < -0.4 is 0 Å². The van der Waals surface area contributed by atoms with Crippen LogP contribution >= 0.6 is 11.3 Å². The fourth-order valence-corrected chi connectivity index (χ4v) is 11.3. The third kappa shape index (κ3) is 4.61. The first-order valence-electron chi connectivity index (χ1n) is 20.3. The van der Waals surface area contributed by atoms with Crippen molar-refractivity contribution in [1.29, 1.82) is 0 Å². The second-order valence-corrected chi connectivity index (χ2v) is 16.7. The molecule has 13 rings (SSSR count). The summed E-state index contributed by atoms with van der Waals surface area (Å²) >= 11 is 1.85. The molecule has 11 aromatic rings. The van der Waals surface area contributed by atoms with E-state index >= 15 is 0 Å². The summed E-state index contributed by atoms with van der Waals surface area (Å²) < 4.78 is 2.59. The molecular weight excluding hydrogens is 749 g/mol. The number of aromatic nitrogens is 4. The molecule has 3 aromatic heterocycles. The number of hydrogen-bond acceptors (Lipinski definition) is 5. The highest BCUT2D eigenvalue weighted by Gasteiger charge is 2.53. The lowest BCUT2D eigenvalue weighted by atomic mass is 9.69. The lowest BCUT2D eigenvalue weighted by Crippen LogP contribution is -2.26. The number of benzene rings is 8. The van der Waals surface area contributed by atoms with E-state index in [1.807, 2.05) is 29.5 Å². The summed E-state index contributed by atoms with van der Waals surface area (Å²) in [6.07, 6.45) is 0. The van der Waals surface area contributed by atoms with Crippen molar-refractivity contribution in [1.82, 2.24) is 19.9 Å². The van der Waals surface area contributed by atoms with Gasteiger partial charge < -0.3 is 0 Å². The van der Waals surface area contributed by atoms with E-state index in [-0.39, 0.29) is 0 Å². The SMILES string of the molecule is c1ccc(-c2nc(-c3ccc(-c4cccc5c4sc4ccccc45)cc3)nc(-c3nc4c(c5ccccc35)C3(c5ccccc5-c5ccccc53)c3ccccc3-4)n2)cc1. The van der Waals surface area contributed by atoms with Crippen LogP contribution in [0, 0.1) is 0 Å². The summed E-state index contributed by atoms with van der Waals surface area (Å²) in [6.45, 7) is 0. The summed E-state index contributed by atoms with van der Waals surface area (Å²) in [6, 6.07) is 69.4. The van der Waals surface area contributed by atoms with Crippen molar-refractivity contribution in [3.8, 4) is 67.8 Å². The maximum absolute atomic E-state index is 5.68. The van der Waals surface area contributed by atoms with E-state index in [1.54, 1.807) is 0 Å². The van der Waals surface area contributed by atoms with Gasteiger partial charge in [-0.15, -0.1) is 11.3 Å². The van der Waals surface area contributed by atoms with Gasteiger partial charge in [0.15, 0.2) is 17.5 Å². The molecule has 4 nitrogen and oxygen atoms in total. The Balaban J connectivity index is 1.03. The Morgan fingerprint density at radius 3 is 1.53 bits per heavy atom. The van der Waals surface area contributed by atoms with E-state index in [4.69, 9.17) is 19.9 Å². The molecule has 0 aliphatic heterocycles. The van der Waals surface area contributed by atoms with Gasteiger partial charge in [-0.3, -0.25) is 0 Å². The molecule has 0 saturated heterocycles. The number of hydrogen-bond donors (Lipinski definition) is 0. The van der Waals surface area contributed by atoms with Crippen LogP contribution in [0.4, 0.5) is 0 Å². The molecule has 0 saturated carbocycles. The number of rotatable bonds is 4. The van der Waals surface area contributed by atoms with Crippen molar-refractivity contribution >= 4 is 42.3 Å². The average Bonchev–Trinajstić information content (AvgIpc) is 3.96. The monoisotopic (exact) mass is 780 g/mol. The van der Waals surface area contributed by atoms with Crippen LogP contribution in [0.1, 0.15) is 22.3 Å². The number of thiophene rings is 1. The van der Waals surface area contributed by atoms with Gasteiger partial charge in [0.1, 0.15) is 5.69 Å².